The van der Waals surface area contributed by atoms with Gasteiger partial charge in [-0.3, -0.25) is 9.59 Å². The number of ether oxygens (including phenoxy) is 2. The van der Waals surface area contributed by atoms with Crippen LogP contribution < -0.4 is 10.2 Å². The first-order chi connectivity index (χ1) is 15.5. The molecule has 2 amide bonds. The molecule has 2 heterocycles. The minimum absolute atomic E-state index is 0.0939. The van der Waals surface area contributed by atoms with Crippen molar-refractivity contribution >= 4 is 29.1 Å². The van der Waals surface area contributed by atoms with Crippen LogP contribution in [-0.2, 0) is 20.8 Å². The molecular formula is C21H29ClN6O4. The second-order valence-electron chi connectivity index (χ2n) is 7.20. The average molecular weight is 465 g/mol. The molecule has 10 nitrogen and oxygen atoms in total. The first-order valence-electron chi connectivity index (χ1n) is 10.7. The topological polar surface area (TPSA) is 102 Å². The van der Waals surface area contributed by atoms with Crippen LogP contribution in [0.5, 0.6) is 0 Å². The second-order valence-corrected chi connectivity index (χ2v) is 7.63. The van der Waals surface area contributed by atoms with Crippen LogP contribution in [0, 0.1) is 0 Å². The van der Waals surface area contributed by atoms with Gasteiger partial charge in [0.05, 0.1) is 19.3 Å². The zero-order chi connectivity index (χ0) is 22.9. The lowest BCUT2D eigenvalue weighted by molar-refractivity contribution is -0.145. The smallest absolute Gasteiger partial charge is 0.273 e. The lowest BCUT2D eigenvalue weighted by atomic mass is 10.2. The Hall–Kier alpha value is -2.69. The molecule has 32 heavy (non-hydrogen) atoms. The van der Waals surface area contributed by atoms with Crippen molar-refractivity contribution in [2.24, 2.45) is 0 Å². The Kier molecular flexibility index (Phi) is 8.83. The Morgan fingerprint density at radius 3 is 2.53 bits per heavy atom. The van der Waals surface area contributed by atoms with Crippen LogP contribution in [0.3, 0.4) is 0 Å². The summed E-state index contributed by atoms with van der Waals surface area (Å²) in [5.41, 5.74) is 1.17. The van der Waals surface area contributed by atoms with E-state index in [1.54, 1.807) is 4.90 Å². The van der Waals surface area contributed by atoms with Gasteiger partial charge in [-0.15, -0.1) is 5.10 Å². The van der Waals surface area contributed by atoms with E-state index >= 15 is 0 Å². The van der Waals surface area contributed by atoms with Crippen molar-refractivity contribution in [2.75, 3.05) is 50.8 Å². The van der Waals surface area contributed by atoms with Gasteiger partial charge in [0.25, 0.3) is 5.91 Å². The number of hydrogen-bond donors (Lipinski definition) is 1. The molecule has 1 aliphatic rings. The predicted molar refractivity (Wildman–Crippen MR) is 120 cm³/mol. The molecule has 2 aromatic rings. The van der Waals surface area contributed by atoms with Gasteiger partial charge < -0.3 is 24.6 Å². The van der Waals surface area contributed by atoms with Gasteiger partial charge >= 0.3 is 0 Å². The molecule has 1 aliphatic heterocycles. The van der Waals surface area contributed by atoms with E-state index in [0.29, 0.717) is 51.0 Å². The fraction of sp³-hybridized carbons (Fsp3) is 0.524. The van der Waals surface area contributed by atoms with Crippen molar-refractivity contribution in [1.29, 1.82) is 0 Å². The highest BCUT2D eigenvalue weighted by atomic mass is 35.5. The van der Waals surface area contributed by atoms with Crippen molar-refractivity contribution in [2.45, 2.75) is 26.7 Å². The largest absolute Gasteiger partial charge is 0.368 e. The lowest BCUT2D eigenvalue weighted by Crippen LogP contribution is -2.51. The quantitative estimate of drug-likeness (QED) is 0.530. The third kappa shape index (κ3) is 6.65. The third-order valence-corrected chi connectivity index (χ3v) is 5.25. The molecule has 3 rings (SSSR count). The van der Waals surface area contributed by atoms with E-state index in [4.69, 9.17) is 21.1 Å². The molecule has 0 atom stereocenters. The summed E-state index contributed by atoms with van der Waals surface area (Å²) in [5, 5.41) is 11.1. The van der Waals surface area contributed by atoms with Crippen molar-refractivity contribution in [1.82, 2.24) is 25.2 Å². The maximum absolute atomic E-state index is 12.5. The molecule has 1 fully saturated rings. The Labute approximate surface area is 192 Å². The second kappa shape index (κ2) is 11.8. The Bertz CT molecular complexity index is 894. The molecule has 11 heteroatoms. The van der Waals surface area contributed by atoms with E-state index in [2.05, 4.69) is 20.5 Å². The zero-order valence-corrected chi connectivity index (χ0v) is 19.1. The number of halogens is 1. The van der Waals surface area contributed by atoms with Crippen LogP contribution in [0.1, 0.15) is 24.3 Å². The number of nitrogens with one attached hydrogen (secondary N) is 1. The van der Waals surface area contributed by atoms with E-state index in [9.17, 15) is 9.59 Å². The summed E-state index contributed by atoms with van der Waals surface area (Å²) < 4.78 is 12.4. The van der Waals surface area contributed by atoms with Crippen LogP contribution in [0.15, 0.2) is 30.5 Å². The monoisotopic (exact) mass is 464 g/mol. The van der Waals surface area contributed by atoms with E-state index in [0.717, 1.165) is 5.69 Å². The molecule has 0 spiro atoms. The lowest BCUT2D eigenvalue weighted by Gasteiger charge is -2.36. The van der Waals surface area contributed by atoms with Gasteiger partial charge in [-0.1, -0.05) is 22.9 Å². The molecule has 0 saturated carbocycles. The number of carbonyl (C=O) groups is 2. The minimum Gasteiger partial charge on any atom is -0.368 e. The molecule has 0 aliphatic carbocycles. The van der Waals surface area contributed by atoms with Gasteiger partial charge in [-0.05, 0) is 32.0 Å². The van der Waals surface area contributed by atoms with Gasteiger partial charge in [-0.25, -0.2) is 4.68 Å². The summed E-state index contributed by atoms with van der Waals surface area (Å²) in [6.07, 6.45) is 1.05. The summed E-state index contributed by atoms with van der Waals surface area (Å²) in [6.45, 7) is 7.54. The standard InChI is InChI=1S/C21H29ClN6O4/c1-3-31-20(32-4-2)15-28-14-18(24-25-28)21(30)23-13-19(29)27-10-8-26(9-11-27)17-7-5-6-16(22)12-17/h5-7,12,14,20H,3-4,8-11,13,15H2,1-2H3,(H,23,30). The number of carbonyl (C=O) groups excluding carboxylic acids is 2. The SMILES string of the molecule is CCOC(Cn1cc(C(=O)NCC(=O)N2CCN(c3cccc(Cl)c3)CC2)nn1)OCC. The Morgan fingerprint density at radius 2 is 1.88 bits per heavy atom. The summed E-state index contributed by atoms with van der Waals surface area (Å²) in [7, 11) is 0. The predicted octanol–water partition coefficient (Wildman–Crippen LogP) is 1.41. The van der Waals surface area contributed by atoms with Crippen LogP contribution >= 0.6 is 11.6 Å². The Balaban J connectivity index is 1.44. The van der Waals surface area contributed by atoms with Crippen LogP contribution in [0.2, 0.25) is 5.02 Å². The van der Waals surface area contributed by atoms with Gasteiger partial charge in [0.15, 0.2) is 12.0 Å². The molecule has 1 aromatic carbocycles. The molecule has 174 valence electrons. The average Bonchev–Trinajstić information content (AvgIpc) is 3.26. The van der Waals surface area contributed by atoms with E-state index in [1.165, 1.54) is 10.9 Å². The van der Waals surface area contributed by atoms with Gasteiger partial charge in [-0.2, -0.15) is 0 Å². The highest BCUT2D eigenvalue weighted by molar-refractivity contribution is 6.30. The van der Waals surface area contributed by atoms with Crippen LogP contribution in [0.4, 0.5) is 5.69 Å². The number of nitrogens with zero attached hydrogens (tertiary/aromatic N) is 5. The van der Waals surface area contributed by atoms with Gasteiger partial charge in [0.2, 0.25) is 5.91 Å². The normalized spacial score (nSPS) is 14.1. The summed E-state index contributed by atoms with van der Waals surface area (Å²) in [4.78, 5) is 28.8. The number of benzene rings is 1. The van der Waals surface area contributed by atoms with Crippen molar-refractivity contribution in [3.05, 3.63) is 41.2 Å². The molecule has 0 unspecified atom stereocenters. The summed E-state index contributed by atoms with van der Waals surface area (Å²) >= 11 is 6.06. The van der Waals surface area contributed by atoms with Crippen molar-refractivity contribution in [3.8, 4) is 0 Å². The van der Waals surface area contributed by atoms with Crippen LogP contribution in [-0.4, -0.2) is 83.9 Å². The molecule has 1 aromatic heterocycles. The van der Waals surface area contributed by atoms with E-state index in [1.807, 2.05) is 38.1 Å². The first-order valence-corrected chi connectivity index (χ1v) is 11.1. The number of amides is 2. The summed E-state index contributed by atoms with van der Waals surface area (Å²) in [5.74, 6) is -0.587. The van der Waals surface area contributed by atoms with Crippen LogP contribution in [0.25, 0.3) is 0 Å². The Morgan fingerprint density at radius 1 is 1.16 bits per heavy atom. The molecule has 0 radical (unpaired) electrons. The molecule has 1 saturated heterocycles. The van der Waals surface area contributed by atoms with Gasteiger partial charge in [0, 0.05) is 50.1 Å². The van der Waals surface area contributed by atoms with Crippen molar-refractivity contribution in [3.63, 3.8) is 0 Å². The third-order valence-electron chi connectivity index (χ3n) is 5.02. The number of anilines is 1. The number of rotatable bonds is 10. The van der Waals surface area contributed by atoms with E-state index < -0.39 is 12.2 Å². The highest BCUT2D eigenvalue weighted by Crippen LogP contribution is 2.20. The van der Waals surface area contributed by atoms with Gasteiger partial charge in [0.1, 0.15) is 0 Å². The van der Waals surface area contributed by atoms with Crippen molar-refractivity contribution < 1.29 is 19.1 Å². The highest BCUT2D eigenvalue weighted by Gasteiger charge is 2.22. The number of aromatic nitrogens is 3. The zero-order valence-electron chi connectivity index (χ0n) is 18.4. The maximum Gasteiger partial charge on any atom is 0.273 e. The fourth-order valence-electron chi connectivity index (χ4n) is 3.41. The van der Waals surface area contributed by atoms with E-state index in [-0.39, 0.29) is 18.1 Å². The fourth-order valence-corrected chi connectivity index (χ4v) is 3.60. The number of hydrogen-bond acceptors (Lipinski definition) is 7. The molecular weight excluding hydrogens is 436 g/mol. The molecule has 1 N–H and O–H groups in total. The first kappa shape index (κ1) is 24.0. The minimum atomic E-state index is -0.463. The molecule has 0 bridgehead atoms. The summed E-state index contributed by atoms with van der Waals surface area (Å²) in [6, 6.07) is 7.66. The number of piperazine rings is 1. The maximum atomic E-state index is 12.5.